The standard InChI is InChI=1S/C17H19ClO2S2/c1-3-13-8-9-16(18)17(10-13)21-11-14-4-6-15(7-5-14)12-22(2,19)20/h4-10H,3,11-12H2,1-2H3. The zero-order valence-electron chi connectivity index (χ0n) is 12.7. The molecule has 118 valence electrons. The molecule has 0 spiro atoms. The molecule has 0 atom stereocenters. The van der Waals surface area contributed by atoms with E-state index in [1.54, 1.807) is 11.8 Å². The summed E-state index contributed by atoms with van der Waals surface area (Å²) in [5, 5.41) is 0.774. The van der Waals surface area contributed by atoms with Gasteiger partial charge in [-0.25, -0.2) is 8.42 Å². The van der Waals surface area contributed by atoms with E-state index in [2.05, 4.69) is 13.0 Å². The summed E-state index contributed by atoms with van der Waals surface area (Å²) in [6.45, 7) is 2.12. The monoisotopic (exact) mass is 354 g/mol. The van der Waals surface area contributed by atoms with E-state index >= 15 is 0 Å². The third-order valence-corrected chi connectivity index (χ3v) is 5.68. The molecule has 0 radical (unpaired) electrons. The van der Waals surface area contributed by atoms with Crippen molar-refractivity contribution in [2.75, 3.05) is 6.26 Å². The zero-order chi connectivity index (χ0) is 16.2. The van der Waals surface area contributed by atoms with Gasteiger partial charge in [0.1, 0.15) is 0 Å². The third kappa shape index (κ3) is 5.34. The molecular weight excluding hydrogens is 336 g/mol. The third-order valence-electron chi connectivity index (χ3n) is 3.25. The second kappa shape index (κ2) is 7.53. The van der Waals surface area contributed by atoms with E-state index < -0.39 is 9.84 Å². The van der Waals surface area contributed by atoms with E-state index in [0.29, 0.717) is 0 Å². The van der Waals surface area contributed by atoms with Crippen molar-refractivity contribution in [1.29, 1.82) is 0 Å². The van der Waals surface area contributed by atoms with Gasteiger partial charge in [-0.15, -0.1) is 11.8 Å². The Morgan fingerprint density at radius 3 is 2.18 bits per heavy atom. The van der Waals surface area contributed by atoms with Crippen LogP contribution >= 0.6 is 23.4 Å². The summed E-state index contributed by atoms with van der Waals surface area (Å²) in [5.74, 6) is 0.900. The summed E-state index contributed by atoms with van der Waals surface area (Å²) in [4.78, 5) is 1.08. The van der Waals surface area contributed by atoms with Crippen LogP contribution in [0.5, 0.6) is 0 Å². The molecule has 2 rings (SSSR count). The van der Waals surface area contributed by atoms with E-state index in [4.69, 9.17) is 11.6 Å². The van der Waals surface area contributed by atoms with Crippen molar-refractivity contribution in [3.63, 3.8) is 0 Å². The first-order valence-corrected chi connectivity index (χ1v) is 10.5. The molecule has 22 heavy (non-hydrogen) atoms. The molecule has 0 aromatic heterocycles. The van der Waals surface area contributed by atoms with Crippen molar-refractivity contribution in [3.05, 3.63) is 64.2 Å². The van der Waals surface area contributed by atoms with Gasteiger partial charge in [-0.3, -0.25) is 0 Å². The van der Waals surface area contributed by atoms with Gasteiger partial charge in [-0.2, -0.15) is 0 Å². The quantitative estimate of drug-likeness (QED) is 0.702. The lowest BCUT2D eigenvalue weighted by Crippen LogP contribution is -2.00. The van der Waals surface area contributed by atoms with Gasteiger partial charge >= 0.3 is 0 Å². The van der Waals surface area contributed by atoms with Gasteiger partial charge in [0.15, 0.2) is 9.84 Å². The molecular formula is C17H19ClO2S2. The number of rotatable bonds is 6. The molecule has 0 aliphatic carbocycles. The second-order valence-corrected chi connectivity index (χ2v) is 8.86. The summed E-state index contributed by atoms with van der Waals surface area (Å²) < 4.78 is 22.6. The number of sulfone groups is 1. The fourth-order valence-electron chi connectivity index (χ4n) is 2.07. The first-order chi connectivity index (χ1) is 10.4. The molecule has 0 heterocycles. The minimum absolute atomic E-state index is 0.0881. The fourth-order valence-corrected chi connectivity index (χ4v) is 4.11. The van der Waals surface area contributed by atoms with Crippen LogP contribution in [0.1, 0.15) is 23.6 Å². The summed E-state index contributed by atoms with van der Waals surface area (Å²) in [7, 11) is -2.98. The lowest BCUT2D eigenvalue weighted by atomic mass is 10.2. The SMILES string of the molecule is CCc1ccc(Cl)c(SCc2ccc(CS(C)(=O)=O)cc2)c1. The first-order valence-electron chi connectivity index (χ1n) is 7.04. The van der Waals surface area contributed by atoms with Crippen LogP contribution in [0, 0.1) is 0 Å². The average Bonchev–Trinajstić information content (AvgIpc) is 2.46. The number of thioether (sulfide) groups is 1. The fraction of sp³-hybridized carbons (Fsp3) is 0.294. The maximum atomic E-state index is 11.3. The minimum atomic E-state index is -2.98. The van der Waals surface area contributed by atoms with Crippen molar-refractivity contribution >= 4 is 33.2 Å². The lowest BCUT2D eigenvalue weighted by Gasteiger charge is -2.07. The maximum absolute atomic E-state index is 11.3. The molecule has 0 unspecified atom stereocenters. The van der Waals surface area contributed by atoms with Gasteiger partial charge < -0.3 is 0 Å². The highest BCUT2D eigenvalue weighted by Gasteiger charge is 2.06. The smallest absolute Gasteiger partial charge is 0.151 e. The molecule has 2 aromatic rings. The molecule has 0 amide bonds. The molecule has 5 heteroatoms. The Labute approximate surface area is 141 Å². The van der Waals surface area contributed by atoms with E-state index in [1.807, 2.05) is 36.4 Å². The van der Waals surface area contributed by atoms with Crippen LogP contribution in [0.3, 0.4) is 0 Å². The van der Waals surface area contributed by atoms with Crippen LogP contribution in [0.15, 0.2) is 47.4 Å². The number of benzene rings is 2. The molecule has 0 saturated carbocycles. The summed E-state index contributed by atoms with van der Waals surface area (Å²) in [5.41, 5.74) is 3.25. The van der Waals surface area contributed by atoms with Crippen molar-refractivity contribution < 1.29 is 8.42 Å². The van der Waals surface area contributed by atoms with Crippen LogP contribution in [0.2, 0.25) is 5.02 Å². The number of halogens is 1. The van der Waals surface area contributed by atoms with Crippen LogP contribution in [-0.4, -0.2) is 14.7 Å². The Morgan fingerprint density at radius 2 is 1.59 bits per heavy atom. The van der Waals surface area contributed by atoms with Gasteiger partial charge in [0.25, 0.3) is 0 Å². The van der Waals surface area contributed by atoms with Crippen molar-refractivity contribution in [2.24, 2.45) is 0 Å². The average molecular weight is 355 g/mol. The Bertz CT molecular complexity index is 738. The van der Waals surface area contributed by atoms with Crippen LogP contribution in [0.4, 0.5) is 0 Å². The van der Waals surface area contributed by atoms with E-state index in [1.165, 1.54) is 11.8 Å². The highest BCUT2D eigenvalue weighted by molar-refractivity contribution is 7.98. The normalized spacial score (nSPS) is 11.6. The molecule has 0 aliphatic rings. The van der Waals surface area contributed by atoms with E-state index in [-0.39, 0.29) is 5.75 Å². The predicted molar refractivity (Wildman–Crippen MR) is 95.4 cm³/mol. The largest absolute Gasteiger partial charge is 0.229 e. The number of hydrogen-bond acceptors (Lipinski definition) is 3. The van der Waals surface area contributed by atoms with Crippen LogP contribution in [0.25, 0.3) is 0 Å². The molecule has 2 nitrogen and oxygen atoms in total. The van der Waals surface area contributed by atoms with Gasteiger partial charge in [0.2, 0.25) is 0 Å². The summed E-state index contributed by atoms with van der Waals surface area (Å²) >= 11 is 7.93. The molecule has 0 saturated heterocycles. The molecule has 0 N–H and O–H groups in total. The molecule has 2 aromatic carbocycles. The Hall–Kier alpha value is -0.970. The second-order valence-electron chi connectivity index (χ2n) is 5.29. The summed E-state index contributed by atoms with van der Waals surface area (Å²) in [6.07, 6.45) is 2.24. The first kappa shape index (κ1) is 17.4. The van der Waals surface area contributed by atoms with Gasteiger partial charge in [-0.1, -0.05) is 48.9 Å². The Kier molecular flexibility index (Phi) is 5.95. The van der Waals surface area contributed by atoms with Gasteiger partial charge in [-0.05, 0) is 35.2 Å². The Morgan fingerprint density at radius 1 is 1.00 bits per heavy atom. The summed E-state index contributed by atoms with van der Waals surface area (Å²) in [6, 6.07) is 13.8. The minimum Gasteiger partial charge on any atom is -0.229 e. The highest BCUT2D eigenvalue weighted by atomic mass is 35.5. The zero-order valence-corrected chi connectivity index (χ0v) is 15.1. The van der Waals surface area contributed by atoms with Crippen molar-refractivity contribution in [3.8, 4) is 0 Å². The number of aryl methyl sites for hydroxylation is 1. The number of hydrogen-bond donors (Lipinski definition) is 0. The van der Waals surface area contributed by atoms with E-state index in [9.17, 15) is 8.42 Å². The lowest BCUT2D eigenvalue weighted by molar-refractivity contribution is 0.601. The van der Waals surface area contributed by atoms with Gasteiger partial charge in [0, 0.05) is 16.9 Å². The highest BCUT2D eigenvalue weighted by Crippen LogP contribution is 2.31. The molecule has 0 aliphatic heterocycles. The van der Waals surface area contributed by atoms with E-state index in [0.717, 1.165) is 33.2 Å². The maximum Gasteiger partial charge on any atom is 0.151 e. The van der Waals surface area contributed by atoms with Crippen LogP contribution < -0.4 is 0 Å². The van der Waals surface area contributed by atoms with Crippen LogP contribution in [-0.2, 0) is 27.8 Å². The molecule has 0 bridgehead atoms. The Balaban J connectivity index is 2.03. The van der Waals surface area contributed by atoms with Gasteiger partial charge in [0.05, 0.1) is 10.8 Å². The van der Waals surface area contributed by atoms with Crippen molar-refractivity contribution in [1.82, 2.24) is 0 Å². The predicted octanol–water partition coefficient (Wildman–Crippen LogP) is 4.74. The van der Waals surface area contributed by atoms with Crippen molar-refractivity contribution in [2.45, 2.75) is 29.7 Å². The topological polar surface area (TPSA) is 34.1 Å². The molecule has 0 fully saturated rings.